The van der Waals surface area contributed by atoms with E-state index in [4.69, 9.17) is 0 Å². The van der Waals surface area contributed by atoms with Crippen molar-refractivity contribution in [3.63, 3.8) is 0 Å². The maximum atomic E-state index is 12.8. The molecule has 4 aromatic rings. The lowest BCUT2D eigenvalue weighted by Gasteiger charge is -2.09. The van der Waals surface area contributed by atoms with Crippen LogP contribution in [0.25, 0.3) is 11.3 Å². The van der Waals surface area contributed by atoms with Gasteiger partial charge in [0.2, 0.25) is 0 Å². The number of imidazole rings is 1. The Morgan fingerprint density at radius 3 is 2.62 bits per heavy atom. The van der Waals surface area contributed by atoms with E-state index in [1.165, 1.54) is 4.40 Å². The predicted octanol–water partition coefficient (Wildman–Crippen LogP) is 4.44. The molecular weight excluding hydrogens is 341 g/mol. The van der Waals surface area contributed by atoms with E-state index in [0.29, 0.717) is 6.42 Å². The van der Waals surface area contributed by atoms with Crippen LogP contribution in [0, 0.1) is 6.92 Å². The van der Waals surface area contributed by atoms with Crippen LogP contribution in [0.2, 0.25) is 0 Å². The number of benzene rings is 1. The number of alkyl halides is 3. The molecule has 0 unspecified atom stereocenters. The Morgan fingerprint density at radius 2 is 1.92 bits per heavy atom. The van der Waals surface area contributed by atoms with E-state index in [-0.39, 0.29) is 5.65 Å². The fourth-order valence-corrected chi connectivity index (χ4v) is 2.94. The Bertz CT molecular complexity index is 1060. The van der Waals surface area contributed by atoms with Gasteiger partial charge in [0.05, 0.1) is 5.69 Å². The van der Waals surface area contributed by atoms with Crippen molar-refractivity contribution < 1.29 is 13.2 Å². The maximum Gasteiger partial charge on any atom is 0.434 e. The van der Waals surface area contributed by atoms with Gasteiger partial charge in [0.1, 0.15) is 5.65 Å². The number of pyridine rings is 1. The van der Waals surface area contributed by atoms with Crippen molar-refractivity contribution in [2.45, 2.75) is 19.5 Å². The van der Waals surface area contributed by atoms with Gasteiger partial charge in [0, 0.05) is 24.8 Å². The molecule has 0 saturated heterocycles. The lowest BCUT2D eigenvalue weighted by atomic mass is 10.0. The third kappa shape index (κ3) is 3.08. The van der Waals surface area contributed by atoms with Gasteiger partial charge in [0.15, 0.2) is 5.69 Å². The lowest BCUT2D eigenvalue weighted by molar-refractivity contribution is -0.140. The summed E-state index contributed by atoms with van der Waals surface area (Å²) in [5, 5.41) is 4.21. The van der Waals surface area contributed by atoms with E-state index >= 15 is 0 Å². The van der Waals surface area contributed by atoms with Crippen molar-refractivity contribution in [2.24, 2.45) is 0 Å². The van der Waals surface area contributed by atoms with Gasteiger partial charge in [-0.25, -0.2) is 9.67 Å². The van der Waals surface area contributed by atoms with Gasteiger partial charge < -0.3 is 4.40 Å². The van der Waals surface area contributed by atoms with Crippen LogP contribution >= 0.6 is 0 Å². The van der Waals surface area contributed by atoms with Crippen molar-refractivity contribution in [1.82, 2.24) is 19.2 Å². The number of aromatic nitrogens is 4. The summed E-state index contributed by atoms with van der Waals surface area (Å²) in [6.45, 7) is 2.01. The molecule has 0 bridgehead atoms. The van der Waals surface area contributed by atoms with E-state index < -0.39 is 11.9 Å². The average molecular weight is 356 g/mol. The van der Waals surface area contributed by atoms with Crippen LogP contribution in [-0.4, -0.2) is 19.2 Å². The number of fused-ring (bicyclic) bond motifs is 1. The van der Waals surface area contributed by atoms with Gasteiger partial charge in [-0.1, -0.05) is 12.1 Å². The summed E-state index contributed by atoms with van der Waals surface area (Å²) in [6.07, 6.45) is 2.50. The van der Waals surface area contributed by atoms with Crippen LogP contribution in [0.1, 0.15) is 22.4 Å². The highest BCUT2D eigenvalue weighted by Gasteiger charge is 2.33. The Kier molecular flexibility index (Phi) is 3.79. The topological polar surface area (TPSA) is 35.1 Å². The van der Waals surface area contributed by atoms with Gasteiger partial charge in [-0.05, 0) is 54.3 Å². The van der Waals surface area contributed by atoms with Crippen molar-refractivity contribution in [1.29, 1.82) is 0 Å². The molecule has 7 heteroatoms. The number of hydrogen-bond donors (Lipinski definition) is 0. The minimum atomic E-state index is -4.44. The highest BCUT2D eigenvalue weighted by Crippen LogP contribution is 2.28. The van der Waals surface area contributed by atoms with E-state index in [9.17, 15) is 13.2 Å². The molecule has 26 heavy (non-hydrogen) atoms. The second kappa shape index (κ2) is 6.01. The lowest BCUT2D eigenvalue weighted by Crippen LogP contribution is -2.04. The standard InChI is InChI=1S/C19H15F3N4/c1-13-9-16(26-8-2-7-23-26)5-4-15(13)10-14-3-6-18-24-17(19(20,21)22)12-25(18)11-14/h2-9,11-12H,10H2,1H3. The first-order valence-electron chi connectivity index (χ1n) is 8.04. The number of nitrogens with zero attached hydrogens (tertiary/aromatic N) is 4. The van der Waals surface area contributed by atoms with Crippen LogP contribution < -0.4 is 0 Å². The summed E-state index contributed by atoms with van der Waals surface area (Å²) < 4.78 is 41.6. The molecule has 0 fully saturated rings. The fourth-order valence-electron chi connectivity index (χ4n) is 2.94. The molecule has 0 N–H and O–H groups in total. The molecule has 3 heterocycles. The molecule has 0 aliphatic rings. The third-order valence-corrected chi connectivity index (χ3v) is 4.29. The minimum Gasteiger partial charge on any atom is -0.306 e. The summed E-state index contributed by atoms with van der Waals surface area (Å²) in [6, 6.07) is 11.3. The number of aryl methyl sites for hydroxylation is 1. The van der Waals surface area contributed by atoms with Gasteiger partial charge in [-0.2, -0.15) is 18.3 Å². The molecule has 132 valence electrons. The summed E-state index contributed by atoms with van der Waals surface area (Å²) in [5.74, 6) is 0. The zero-order valence-corrected chi connectivity index (χ0v) is 13.9. The van der Waals surface area contributed by atoms with Crippen LogP contribution in [-0.2, 0) is 12.6 Å². The molecule has 4 rings (SSSR count). The van der Waals surface area contributed by atoms with Crippen molar-refractivity contribution in [3.8, 4) is 5.69 Å². The van der Waals surface area contributed by atoms with E-state index in [1.54, 1.807) is 23.1 Å². The smallest absolute Gasteiger partial charge is 0.306 e. The zero-order valence-electron chi connectivity index (χ0n) is 13.9. The predicted molar refractivity (Wildman–Crippen MR) is 91.3 cm³/mol. The second-order valence-corrected chi connectivity index (χ2v) is 6.16. The first kappa shape index (κ1) is 16.4. The third-order valence-electron chi connectivity index (χ3n) is 4.29. The molecule has 0 aliphatic heterocycles. The number of hydrogen-bond acceptors (Lipinski definition) is 2. The Morgan fingerprint density at radius 1 is 1.08 bits per heavy atom. The van der Waals surface area contributed by atoms with Gasteiger partial charge >= 0.3 is 6.18 Å². The molecule has 0 radical (unpaired) electrons. The molecule has 0 saturated carbocycles. The summed E-state index contributed by atoms with van der Waals surface area (Å²) >= 11 is 0. The summed E-state index contributed by atoms with van der Waals surface area (Å²) in [7, 11) is 0. The molecular formula is C19H15F3N4. The fraction of sp³-hybridized carbons (Fsp3) is 0.158. The van der Waals surface area contributed by atoms with Gasteiger partial charge in [-0.3, -0.25) is 0 Å². The monoisotopic (exact) mass is 356 g/mol. The van der Waals surface area contributed by atoms with E-state index in [1.807, 2.05) is 43.5 Å². The number of rotatable bonds is 3. The van der Waals surface area contributed by atoms with Crippen LogP contribution in [0.5, 0.6) is 0 Å². The Hall–Kier alpha value is -3.09. The molecule has 1 aromatic carbocycles. The van der Waals surface area contributed by atoms with Gasteiger partial charge in [0.25, 0.3) is 0 Å². The Balaban J connectivity index is 1.62. The number of halogens is 3. The van der Waals surface area contributed by atoms with Gasteiger partial charge in [-0.15, -0.1) is 0 Å². The van der Waals surface area contributed by atoms with Crippen LogP contribution in [0.4, 0.5) is 13.2 Å². The van der Waals surface area contributed by atoms with Crippen molar-refractivity contribution in [3.05, 3.63) is 83.6 Å². The van der Waals surface area contributed by atoms with E-state index in [0.717, 1.165) is 28.6 Å². The quantitative estimate of drug-likeness (QED) is 0.544. The first-order chi connectivity index (χ1) is 12.4. The largest absolute Gasteiger partial charge is 0.434 e. The molecule has 3 aromatic heterocycles. The molecule has 0 atom stereocenters. The SMILES string of the molecule is Cc1cc(-n2cccn2)ccc1Cc1ccc2nc(C(F)(F)F)cn2c1. The Labute approximate surface area is 147 Å². The normalized spacial score (nSPS) is 12.0. The first-order valence-corrected chi connectivity index (χ1v) is 8.04. The average Bonchev–Trinajstić information content (AvgIpc) is 3.25. The molecule has 4 nitrogen and oxygen atoms in total. The highest BCUT2D eigenvalue weighted by atomic mass is 19.4. The zero-order chi connectivity index (χ0) is 18.3. The van der Waals surface area contributed by atoms with Crippen molar-refractivity contribution >= 4 is 5.65 Å². The summed E-state index contributed by atoms with van der Waals surface area (Å²) in [5.41, 5.74) is 3.49. The second-order valence-electron chi connectivity index (χ2n) is 6.16. The summed E-state index contributed by atoms with van der Waals surface area (Å²) in [4.78, 5) is 3.62. The highest BCUT2D eigenvalue weighted by molar-refractivity contribution is 5.45. The molecule has 0 amide bonds. The van der Waals surface area contributed by atoms with Crippen molar-refractivity contribution in [2.75, 3.05) is 0 Å². The maximum absolute atomic E-state index is 12.8. The minimum absolute atomic E-state index is 0.284. The molecule has 0 aliphatic carbocycles. The van der Waals surface area contributed by atoms with E-state index in [2.05, 4.69) is 10.1 Å². The van der Waals surface area contributed by atoms with Crippen LogP contribution in [0.3, 0.4) is 0 Å². The molecule has 0 spiro atoms. The van der Waals surface area contributed by atoms with Crippen LogP contribution in [0.15, 0.2) is 61.2 Å².